The zero-order valence-electron chi connectivity index (χ0n) is 11.8. The summed E-state index contributed by atoms with van der Waals surface area (Å²) in [6.07, 6.45) is 2.57. The van der Waals surface area contributed by atoms with Gasteiger partial charge in [0.15, 0.2) is 0 Å². The molecule has 1 atom stereocenters. The lowest BCUT2D eigenvalue weighted by molar-refractivity contribution is 0.116. The molecule has 0 saturated carbocycles. The van der Waals surface area contributed by atoms with E-state index in [9.17, 15) is 8.42 Å². The zero-order chi connectivity index (χ0) is 14.6. The molecule has 1 aromatic rings. The third kappa shape index (κ3) is 3.91. The lowest BCUT2D eigenvalue weighted by Crippen LogP contribution is -2.25. The fraction of sp³-hybridized carbons (Fsp3) is 0.467. The molecule has 4 nitrogen and oxygen atoms in total. The average Bonchev–Trinajstić information content (AvgIpc) is 2.81. The van der Waals surface area contributed by atoms with Crippen molar-refractivity contribution in [1.82, 2.24) is 4.72 Å². The molecule has 1 unspecified atom stereocenters. The van der Waals surface area contributed by atoms with Crippen molar-refractivity contribution >= 4 is 10.0 Å². The van der Waals surface area contributed by atoms with Crippen LogP contribution in [0.3, 0.4) is 0 Å². The van der Waals surface area contributed by atoms with Gasteiger partial charge in [0, 0.05) is 6.54 Å². The maximum Gasteiger partial charge on any atom is 0.240 e. The average molecular weight is 295 g/mol. The number of aryl methyl sites for hydroxylation is 1. The number of hydrogen-bond acceptors (Lipinski definition) is 3. The van der Waals surface area contributed by atoms with E-state index in [-0.39, 0.29) is 6.10 Å². The van der Waals surface area contributed by atoms with Gasteiger partial charge in [-0.15, -0.1) is 0 Å². The van der Waals surface area contributed by atoms with Gasteiger partial charge in [-0.2, -0.15) is 0 Å². The fourth-order valence-corrected chi connectivity index (χ4v) is 3.27. The van der Waals surface area contributed by atoms with Crippen molar-refractivity contribution < 1.29 is 13.2 Å². The van der Waals surface area contributed by atoms with Crippen LogP contribution in [0.5, 0.6) is 0 Å². The topological polar surface area (TPSA) is 55.4 Å². The van der Waals surface area contributed by atoms with Crippen LogP contribution in [0.4, 0.5) is 0 Å². The van der Waals surface area contributed by atoms with Crippen molar-refractivity contribution in [1.29, 1.82) is 0 Å². The summed E-state index contributed by atoms with van der Waals surface area (Å²) in [5.41, 5.74) is 2.16. The summed E-state index contributed by atoms with van der Waals surface area (Å²) in [6, 6.07) is 6.84. The number of hydrogen-bond donors (Lipinski definition) is 1. The van der Waals surface area contributed by atoms with Crippen LogP contribution in [-0.4, -0.2) is 27.7 Å². The van der Waals surface area contributed by atoms with Gasteiger partial charge in [-0.05, 0) is 43.9 Å². The van der Waals surface area contributed by atoms with Gasteiger partial charge in [0.25, 0.3) is 0 Å². The molecule has 1 N–H and O–H groups in total. The van der Waals surface area contributed by atoms with Crippen molar-refractivity contribution in [3.63, 3.8) is 0 Å². The van der Waals surface area contributed by atoms with Gasteiger partial charge in [0.05, 0.1) is 17.6 Å². The Bertz CT molecular complexity index is 563. The van der Waals surface area contributed by atoms with Gasteiger partial charge < -0.3 is 4.74 Å². The summed E-state index contributed by atoms with van der Waals surface area (Å²) >= 11 is 0. The van der Waals surface area contributed by atoms with E-state index in [0.717, 1.165) is 37.0 Å². The number of sulfonamides is 1. The van der Waals surface area contributed by atoms with Crippen LogP contribution in [0.1, 0.15) is 24.8 Å². The second-order valence-corrected chi connectivity index (χ2v) is 6.89. The Morgan fingerprint density at radius 1 is 1.35 bits per heavy atom. The first-order chi connectivity index (χ1) is 9.49. The Kier molecular flexibility index (Phi) is 4.96. The SMILES string of the molecule is C=C1CCOC1CCCNS(=O)(=O)c1ccc(C)cc1. The molecule has 0 radical (unpaired) electrons. The van der Waals surface area contributed by atoms with Crippen molar-refractivity contribution in [2.75, 3.05) is 13.2 Å². The Balaban J connectivity index is 1.80. The Hall–Kier alpha value is -1.17. The van der Waals surface area contributed by atoms with Crippen molar-refractivity contribution in [2.24, 2.45) is 0 Å². The number of rotatable bonds is 6. The van der Waals surface area contributed by atoms with Crippen molar-refractivity contribution in [2.45, 2.75) is 37.2 Å². The Morgan fingerprint density at radius 2 is 2.05 bits per heavy atom. The Labute approximate surface area is 120 Å². The predicted molar refractivity (Wildman–Crippen MR) is 79.1 cm³/mol. The second kappa shape index (κ2) is 6.52. The molecule has 0 amide bonds. The maximum atomic E-state index is 12.0. The van der Waals surface area contributed by atoms with E-state index >= 15 is 0 Å². The lowest BCUT2D eigenvalue weighted by Gasteiger charge is -2.11. The minimum Gasteiger partial charge on any atom is -0.374 e. The highest BCUT2D eigenvalue weighted by atomic mass is 32.2. The van der Waals surface area contributed by atoms with E-state index in [4.69, 9.17) is 4.74 Å². The molecule has 2 rings (SSSR count). The molecule has 0 aromatic heterocycles. The lowest BCUT2D eigenvalue weighted by atomic mass is 10.1. The summed E-state index contributed by atoms with van der Waals surface area (Å²) < 4.78 is 32.2. The van der Waals surface area contributed by atoms with E-state index in [2.05, 4.69) is 11.3 Å². The Morgan fingerprint density at radius 3 is 2.65 bits per heavy atom. The molecular formula is C15H21NO3S. The van der Waals surface area contributed by atoms with Crippen LogP contribution in [0.2, 0.25) is 0 Å². The molecule has 1 aliphatic rings. The third-order valence-corrected chi connectivity index (χ3v) is 4.94. The molecule has 110 valence electrons. The van der Waals surface area contributed by atoms with Crippen molar-refractivity contribution in [3.8, 4) is 0 Å². The summed E-state index contributed by atoms with van der Waals surface area (Å²) in [5, 5.41) is 0. The third-order valence-electron chi connectivity index (χ3n) is 3.46. The molecule has 1 aromatic carbocycles. The quantitative estimate of drug-likeness (QED) is 0.647. The minimum atomic E-state index is -3.40. The summed E-state index contributed by atoms with van der Waals surface area (Å²) in [5.74, 6) is 0. The number of nitrogens with one attached hydrogen (secondary N) is 1. The van der Waals surface area contributed by atoms with Crippen LogP contribution < -0.4 is 4.72 Å². The monoisotopic (exact) mass is 295 g/mol. The van der Waals surface area contributed by atoms with E-state index in [1.807, 2.05) is 6.92 Å². The normalized spacial score (nSPS) is 19.4. The molecule has 5 heteroatoms. The molecule has 0 aliphatic carbocycles. The zero-order valence-corrected chi connectivity index (χ0v) is 12.6. The van der Waals surface area contributed by atoms with E-state index in [1.165, 1.54) is 0 Å². The standard InChI is InChI=1S/C15H21NO3S/c1-12-5-7-14(8-6-12)20(17,18)16-10-3-4-15-13(2)9-11-19-15/h5-8,15-16H,2-4,9-11H2,1H3. The highest BCUT2D eigenvalue weighted by Gasteiger charge is 2.19. The van der Waals surface area contributed by atoms with Gasteiger partial charge in [-0.1, -0.05) is 24.3 Å². The van der Waals surface area contributed by atoms with Crippen LogP contribution in [0.25, 0.3) is 0 Å². The highest BCUT2D eigenvalue weighted by Crippen LogP contribution is 2.21. The van der Waals surface area contributed by atoms with Gasteiger partial charge in [0.1, 0.15) is 0 Å². The van der Waals surface area contributed by atoms with Crippen molar-refractivity contribution in [3.05, 3.63) is 42.0 Å². The second-order valence-electron chi connectivity index (χ2n) is 5.12. The first-order valence-corrected chi connectivity index (χ1v) is 8.33. The smallest absolute Gasteiger partial charge is 0.240 e. The predicted octanol–water partition coefficient (Wildman–Crippen LogP) is 2.40. The van der Waals surface area contributed by atoms with Gasteiger partial charge >= 0.3 is 0 Å². The van der Waals surface area contributed by atoms with Gasteiger partial charge in [-0.3, -0.25) is 0 Å². The molecule has 1 aliphatic heterocycles. The largest absolute Gasteiger partial charge is 0.374 e. The number of ether oxygens (including phenoxy) is 1. The molecule has 1 heterocycles. The summed E-state index contributed by atoms with van der Waals surface area (Å²) in [6.45, 7) is 7.04. The van der Waals surface area contributed by atoms with E-state index in [0.29, 0.717) is 11.4 Å². The number of benzene rings is 1. The molecule has 0 spiro atoms. The maximum absolute atomic E-state index is 12.0. The van der Waals surface area contributed by atoms with Crippen LogP contribution in [0.15, 0.2) is 41.3 Å². The molecule has 1 fully saturated rings. The minimum absolute atomic E-state index is 0.0962. The van der Waals surface area contributed by atoms with Crippen LogP contribution >= 0.6 is 0 Å². The van der Waals surface area contributed by atoms with Gasteiger partial charge in [0.2, 0.25) is 10.0 Å². The molecule has 20 heavy (non-hydrogen) atoms. The summed E-state index contributed by atoms with van der Waals surface area (Å²) in [7, 11) is -3.40. The first-order valence-electron chi connectivity index (χ1n) is 6.84. The van der Waals surface area contributed by atoms with Crippen LogP contribution in [0, 0.1) is 6.92 Å². The van der Waals surface area contributed by atoms with E-state index in [1.54, 1.807) is 24.3 Å². The molecule has 0 bridgehead atoms. The fourth-order valence-electron chi connectivity index (χ4n) is 2.19. The summed E-state index contributed by atoms with van der Waals surface area (Å²) in [4.78, 5) is 0.310. The van der Waals surface area contributed by atoms with E-state index < -0.39 is 10.0 Å². The highest BCUT2D eigenvalue weighted by molar-refractivity contribution is 7.89. The van der Waals surface area contributed by atoms with Crippen LogP contribution in [-0.2, 0) is 14.8 Å². The molecule has 1 saturated heterocycles. The van der Waals surface area contributed by atoms with Gasteiger partial charge in [-0.25, -0.2) is 13.1 Å². The first kappa shape index (κ1) is 15.2. The molecular weight excluding hydrogens is 274 g/mol.